The minimum atomic E-state index is 0.163. The molecule has 0 aromatic heterocycles. The maximum atomic E-state index is 11.6. The molecule has 2 nitrogen and oxygen atoms in total. The molecule has 0 bridgehead atoms. The van der Waals surface area contributed by atoms with Gasteiger partial charge in [-0.2, -0.15) is 12.6 Å². The van der Waals surface area contributed by atoms with Crippen LogP contribution in [0.2, 0.25) is 0 Å². The van der Waals surface area contributed by atoms with Crippen molar-refractivity contribution in [3.05, 3.63) is 29.5 Å². The van der Waals surface area contributed by atoms with E-state index in [9.17, 15) is 4.79 Å². The van der Waals surface area contributed by atoms with Gasteiger partial charge in [-0.3, -0.25) is 4.79 Å². The van der Waals surface area contributed by atoms with Crippen molar-refractivity contribution in [1.82, 2.24) is 5.32 Å². The van der Waals surface area contributed by atoms with Gasteiger partial charge in [0.15, 0.2) is 0 Å². The van der Waals surface area contributed by atoms with Gasteiger partial charge in [0, 0.05) is 18.5 Å². The molecule has 0 saturated heterocycles. The Morgan fingerprint density at radius 2 is 1.62 bits per heavy atom. The number of nitrogens with one attached hydrogen (secondary N) is 1. The van der Waals surface area contributed by atoms with E-state index in [0.29, 0.717) is 13.0 Å². The smallest absolute Gasteiger partial charge is 0.220 e. The summed E-state index contributed by atoms with van der Waals surface area (Å²) in [6, 6.07) is 0. The van der Waals surface area contributed by atoms with Gasteiger partial charge in [-0.25, -0.2) is 0 Å². The molecule has 0 aromatic rings. The van der Waals surface area contributed by atoms with Gasteiger partial charge in [-0.15, -0.1) is 5.73 Å². The normalized spacial score (nSPS) is 12.7. The lowest BCUT2D eigenvalue weighted by Gasteiger charge is -2.04. The van der Waals surface area contributed by atoms with E-state index >= 15 is 0 Å². The molecule has 3 heteroatoms. The SMILES string of the molecule is O=C(CCCCCCCCCCCS)NCC1=C=CC=C1. The van der Waals surface area contributed by atoms with Crippen LogP contribution in [0.4, 0.5) is 0 Å². The number of carbonyl (C=O) groups excluding carboxylic acids is 1. The number of thiol groups is 1. The first-order valence-corrected chi connectivity index (χ1v) is 8.96. The highest BCUT2D eigenvalue weighted by molar-refractivity contribution is 7.80. The van der Waals surface area contributed by atoms with Crippen molar-refractivity contribution in [2.75, 3.05) is 12.3 Å². The molecule has 0 aromatic carbocycles. The number of rotatable bonds is 13. The van der Waals surface area contributed by atoms with Crippen LogP contribution in [-0.2, 0) is 4.79 Å². The molecule has 1 aliphatic rings. The van der Waals surface area contributed by atoms with Crippen molar-refractivity contribution in [3.63, 3.8) is 0 Å². The van der Waals surface area contributed by atoms with Gasteiger partial charge in [-0.1, -0.05) is 51.0 Å². The summed E-state index contributed by atoms with van der Waals surface area (Å²) in [6.07, 6.45) is 17.8. The Bertz CT molecular complexity index is 381. The van der Waals surface area contributed by atoms with Crippen LogP contribution in [0.25, 0.3) is 0 Å². The standard InChI is InChI=1S/C18H29NOS/c20-18(19-16-17-12-9-10-13-17)14-8-6-4-2-1-3-5-7-11-15-21/h9-10,12,21H,1-8,11,14-16H2,(H,19,20). The van der Waals surface area contributed by atoms with Crippen molar-refractivity contribution in [2.24, 2.45) is 0 Å². The van der Waals surface area contributed by atoms with Crippen molar-refractivity contribution < 1.29 is 4.79 Å². The fraction of sp³-hybridized carbons (Fsp3) is 0.667. The van der Waals surface area contributed by atoms with E-state index in [4.69, 9.17) is 0 Å². The molecule has 0 unspecified atom stereocenters. The second-order valence-corrected chi connectivity index (χ2v) is 6.07. The van der Waals surface area contributed by atoms with Gasteiger partial charge in [0.25, 0.3) is 0 Å². The van der Waals surface area contributed by atoms with Gasteiger partial charge < -0.3 is 5.32 Å². The summed E-state index contributed by atoms with van der Waals surface area (Å²) < 4.78 is 0. The zero-order chi connectivity index (χ0) is 15.2. The quantitative estimate of drug-likeness (QED) is 0.291. The maximum Gasteiger partial charge on any atom is 0.220 e. The summed E-state index contributed by atoms with van der Waals surface area (Å²) in [4.78, 5) is 11.6. The van der Waals surface area contributed by atoms with Crippen LogP contribution in [0.15, 0.2) is 29.5 Å². The lowest BCUT2D eigenvalue weighted by atomic mass is 10.1. The first-order chi connectivity index (χ1) is 10.3. The Balaban J connectivity index is 1.82. The number of allylic oxidation sites excluding steroid dienone is 1. The van der Waals surface area contributed by atoms with Gasteiger partial charge in [0.05, 0.1) is 0 Å². The van der Waals surface area contributed by atoms with E-state index < -0.39 is 0 Å². The van der Waals surface area contributed by atoms with Crippen LogP contribution in [0.5, 0.6) is 0 Å². The van der Waals surface area contributed by atoms with E-state index in [1.54, 1.807) is 0 Å². The topological polar surface area (TPSA) is 29.1 Å². The molecule has 0 spiro atoms. The fourth-order valence-corrected chi connectivity index (χ4v) is 2.62. The van der Waals surface area contributed by atoms with Gasteiger partial charge >= 0.3 is 0 Å². The second-order valence-electron chi connectivity index (χ2n) is 5.63. The van der Waals surface area contributed by atoms with E-state index in [1.165, 1.54) is 51.4 Å². The van der Waals surface area contributed by atoms with Crippen LogP contribution < -0.4 is 5.32 Å². The molecule has 0 saturated carbocycles. The van der Waals surface area contributed by atoms with Crippen molar-refractivity contribution >= 4 is 18.5 Å². The average molecular weight is 308 g/mol. The zero-order valence-corrected chi connectivity index (χ0v) is 14.0. The first kappa shape index (κ1) is 18.1. The lowest BCUT2D eigenvalue weighted by Crippen LogP contribution is -2.24. The van der Waals surface area contributed by atoms with E-state index in [2.05, 4.69) is 23.7 Å². The number of amides is 1. The number of unbranched alkanes of at least 4 members (excludes halogenated alkanes) is 8. The monoisotopic (exact) mass is 307 g/mol. The first-order valence-electron chi connectivity index (χ1n) is 8.33. The highest BCUT2D eigenvalue weighted by Gasteiger charge is 2.02. The molecular formula is C18H29NOS. The van der Waals surface area contributed by atoms with Gasteiger partial charge in [0.2, 0.25) is 5.91 Å². The summed E-state index contributed by atoms with van der Waals surface area (Å²) in [7, 11) is 0. The van der Waals surface area contributed by atoms with Crippen LogP contribution in [0.3, 0.4) is 0 Å². The Morgan fingerprint density at radius 1 is 1.00 bits per heavy atom. The minimum absolute atomic E-state index is 0.163. The summed E-state index contributed by atoms with van der Waals surface area (Å²) in [6.45, 7) is 0.609. The van der Waals surface area contributed by atoms with E-state index in [1.807, 2.05) is 18.2 Å². The van der Waals surface area contributed by atoms with Crippen molar-refractivity contribution in [3.8, 4) is 0 Å². The van der Waals surface area contributed by atoms with Gasteiger partial charge in [-0.05, 0) is 30.7 Å². The molecule has 0 radical (unpaired) electrons. The highest BCUT2D eigenvalue weighted by Crippen LogP contribution is 2.10. The van der Waals surface area contributed by atoms with E-state index in [0.717, 1.165) is 17.7 Å². The predicted octanol–water partition coefficient (Wildman–Crippen LogP) is 4.58. The highest BCUT2D eigenvalue weighted by atomic mass is 32.1. The second kappa shape index (κ2) is 12.8. The number of hydrogen-bond donors (Lipinski definition) is 2. The Kier molecular flexibility index (Phi) is 11.0. The zero-order valence-electron chi connectivity index (χ0n) is 13.1. The molecule has 21 heavy (non-hydrogen) atoms. The van der Waals surface area contributed by atoms with Gasteiger partial charge in [0.1, 0.15) is 0 Å². The number of hydrogen-bond acceptors (Lipinski definition) is 2. The van der Waals surface area contributed by atoms with Crippen LogP contribution in [0, 0.1) is 0 Å². The minimum Gasteiger partial charge on any atom is -0.351 e. The third-order valence-corrected chi connectivity index (χ3v) is 4.02. The fourth-order valence-electron chi connectivity index (χ4n) is 2.39. The molecular weight excluding hydrogens is 278 g/mol. The summed E-state index contributed by atoms with van der Waals surface area (Å²) in [5, 5.41) is 2.94. The van der Waals surface area contributed by atoms with E-state index in [-0.39, 0.29) is 5.91 Å². The molecule has 1 amide bonds. The molecule has 1 N–H and O–H groups in total. The van der Waals surface area contributed by atoms with Crippen LogP contribution >= 0.6 is 12.6 Å². The Morgan fingerprint density at radius 3 is 2.19 bits per heavy atom. The molecule has 118 valence electrons. The lowest BCUT2D eigenvalue weighted by molar-refractivity contribution is -0.121. The molecule has 0 heterocycles. The van der Waals surface area contributed by atoms with Crippen LogP contribution in [-0.4, -0.2) is 18.2 Å². The largest absolute Gasteiger partial charge is 0.351 e. The number of carbonyl (C=O) groups is 1. The molecule has 0 aliphatic heterocycles. The summed E-state index contributed by atoms with van der Waals surface area (Å²) in [5.74, 6) is 1.18. The molecule has 1 aliphatic carbocycles. The third kappa shape index (κ3) is 10.4. The molecule has 1 rings (SSSR count). The predicted molar refractivity (Wildman–Crippen MR) is 93.8 cm³/mol. The third-order valence-electron chi connectivity index (χ3n) is 3.70. The maximum absolute atomic E-state index is 11.6. The molecule has 0 fully saturated rings. The average Bonchev–Trinajstić information content (AvgIpc) is 3.00. The molecule has 0 atom stereocenters. The summed E-state index contributed by atoms with van der Waals surface area (Å²) in [5.41, 5.74) is 4.14. The van der Waals surface area contributed by atoms with Crippen molar-refractivity contribution in [2.45, 2.75) is 64.2 Å². The summed E-state index contributed by atoms with van der Waals surface area (Å²) >= 11 is 4.22. The van der Waals surface area contributed by atoms with Crippen molar-refractivity contribution in [1.29, 1.82) is 0 Å². The van der Waals surface area contributed by atoms with Crippen LogP contribution in [0.1, 0.15) is 64.2 Å². The Hall–Kier alpha value is -0.920. The Labute approximate surface area is 135 Å².